The van der Waals surface area contributed by atoms with Gasteiger partial charge in [0.25, 0.3) is 0 Å². The van der Waals surface area contributed by atoms with Gasteiger partial charge in [-0.15, -0.1) is 10.5 Å². The van der Waals surface area contributed by atoms with E-state index < -0.39 is 37.3 Å². The quantitative estimate of drug-likeness (QED) is 0.123. The van der Waals surface area contributed by atoms with Crippen molar-refractivity contribution >= 4 is 0 Å². The lowest BCUT2D eigenvalue weighted by molar-refractivity contribution is -0.325. The van der Waals surface area contributed by atoms with Crippen molar-refractivity contribution in [3.8, 4) is 0 Å². The molecule has 9 heteroatoms. The van der Waals surface area contributed by atoms with E-state index in [1.807, 2.05) is 0 Å². The summed E-state index contributed by atoms with van der Waals surface area (Å²) in [6.07, 6.45) is -9.29. The van der Waals surface area contributed by atoms with E-state index in [-0.39, 0.29) is 0 Å². The van der Waals surface area contributed by atoms with Crippen LogP contribution in [0.4, 0.5) is 0 Å². The van der Waals surface area contributed by atoms with Gasteiger partial charge in [0.2, 0.25) is 0 Å². The second-order valence-electron chi connectivity index (χ2n) is 2.88. The Morgan fingerprint density at radius 1 is 0.933 bits per heavy atom. The Hall–Kier alpha value is -0.360. The summed E-state index contributed by atoms with van der Waals surface area (Å²) < 4.78 is 0. The van der Waals surface area contributed by atoms with Crippen LogP contribution in [0.15, 0.2) is 0 Å². The summed E-state index contributed by atoms with van der Waals surface area (Å²) in [4.78, 5) is 3.28. The fraction of sp³-hybridized carbons (Fsp3) is 1.00. The summed E-state index contributed by atoms with van der Waals surface area (Å²) in [5, 5.41) is 61.5. The second kappa shape index (κ2) is 7.00. The van der Waals surface area contributed by atoms with Gasteiger partial charge in [0.1, 0.15) is 24.4 Å². The number of aliphatic hydroxyl groups is 6. The Bertz CT molecular complexity index is 169. The molecule has 0 bridgehead atoms. The molecule has 0 fully saturated rings. The van der Waals surface area contributed by atoms with E-state index in [4.69, 9.17) is 30.8 Å². The van der Waals surface area contributed by atoms with Crippen LogP contribution >= 0.6 is 0 Å². The largest absolute Gasteiger partial charge is 0.394 e. The molecule has 0 aromatic heterocycles. The predicted molar refractivity (Wildman–Crippen MR) is 44.0 cm³/mol. The zero-order chi connectivity index (χ0) is 12.0. The monoisotopic (exact) mass is 229 g/mol. The molecule has 0 aliphatic carbocycles. The zero-order valence-corrected chi connectivity index (χ0v) is 7.63. The molecule has 0 radical (unpaired) electrons. The average molecular weight is 229 g/mol. The molecule has 0 aromatic carbocycles. The van der Waals surface area contributed by atoms with Crippen LogP contribution in [-0.2, 0) is 4.99 Å². The fourth-order valence-corrected chi connectivity index (χ4v) is 0.848. The lowest BCUT2D eigenvalue weighted by Crippen LogP contribution is -2.53. The SMILES string of the molecule is OC[C@@H](O)[C@@H](O)[C@H](O)[C@@H](O)C(O)NOO. The van der Waals surface area contributed by atoms with Gasteiger partial charge in [-0.3, -0.25) is 0 Å². The molecule has 0 spiro atoms. The normalized spacial score (nSPS) is 21.8. The van der Waals surface area contributed by atoms with Crippen LogP contribution in [0.1, 0.15) is 0 Å². The van der Waals surface area contributed by atoms with E-state index >= 15 is 0 Å². The van der Waals surface area contributed by atoms with E-state index in [9.17, 15) is 5.11 Å². The summed E-state index contributed by atoms with van der Waals surface area (Å²) in [5.74, 6) is 0. The van der Waals surface area contributed by atoms with Crippen LogP contribution in [0.3, 0.4) is 0 Å². The van der Waals surface area contributed by atoms with Gasteiger partial charge in [-0.25, -0.2) is 5.26 Å². The van der Waals surface area contributed by atoms with Crippen molar-refractivity contribution in [3.05, 3.63) is 0 Å². The first-order valence-corrected chi connectivity index (χ1v) is 4.02. The molecular weight excluding hydrogens is 214 g/mol. The Morgan fingerprint density at radius 2 is 1.47 bits per heavy atom. The molecule has 92 valence electrons. The van der Waals surface area contributed by atoms with Crippen LogP contribution in [-0.4, -0.2) is 73.1 Å². The van der Waals surface area contributed by atoms with Crippen molar-refractivity contribution in [3.63, 3.8) is 0 Å². The van der Waals surface area contributed by atoms with Gasteiger partial charge in [-0.2, -0.15) is 0 Å². The Morgan fingerprint density at radius 3 is 1.87 bits per heavy atom. The van der Waals surface area contributed by atoms with Crippen LogP contribution in [0.5, 0.6) is 0 Å². The molecular formula is C6H15NO8. The van der Waals surface area contributed by atoms with Gasteiger partial charge in [0.15, 0.2) is 6.23 Å². The maximum atomic E-state index is 9.18. The molecule has 0 aliphatic rings. The summed E-state index contributed by atoms with van der Waals surface area (Å²) in [7, 11) is 0. The average Bonchev–Trinajstić information content (AvgIpc) is 2.25. The van der Waals surface area contributed by atoms with Crippen LogP contribution in [0.2, 0.25) is 0 Å². The summed E-state index contributed by atoms with van der Waals surface area (Å²) in [6.45, 7) is -0.828. The van der Waals surface area contributed by atoms with E-state index in [0.29, 0.717) is 0 Å². The van der Waals surface area contributed by atoms with E-state index in [2.05, 4.69) is 4.99 Å². The lowest BCUT2D eigenvalue weighted by Gasteiger charge is -2.27. The Labute approximate surface area is 84.7 Å². The molecule has 9 nitrogen and oxygen atoms in total. The topological polar surface area (TPSA) is 163 Å². The molecule has 1 unspecified atom stereocenters. The molecule has 0 saturated heterocycles. The third-order valence-corrected chi connectivity index (χ3v) is 1.78. The Kier molecular flexibility index (Phi) is 6.84. The Balaban J connectivity index is 4.22. The predicted octanol–water partition coefficient (Wildman–Crippen LogP) is -4.27. The molecule has 8 N–H and O–H groups in total. The number of nitrogens with one attached hydrogen (secondary N) is 1. The van der Waals surface area contributed by atoms with Gasteiger partial charge >= 0.3 is 0 Å². The molecule has 0 amide bonds. The van der Waals surface area contributed by atoms with Crippen molar-refractivity contribution < 1.29 is 40.9 Å². The highest BCUT2D eigenvalue weighted by molar-refractivity contribution is 4.82. The highest BCUT2D eigenvalue weighted by Gasteiger charge is 2.34. The van der Waals surface area contributed by atoms with Crippen LogP contribution < -0.4 is 5.48 Å². The number of hydrogen-bond donors (Lipinski definition) is 8. The molecule has 15 heavy (non-hydrogen) atoms. The van der Waals surface area contributed by atoms with Crippen molar-refractivity contribution in [2.45, 2.75) is 30.6 Å². The summed E-state index contributed by atoms with van der Waals surface area (Å²) >= 11 is 0. The first-order chi connectivity index (χ1) is 6.95. The highest BCUT2D eigenvalue weighted by atomic mass is 17.2. The minimum atomic E-state index is -1.94. The molecule has 0 aliphatic heterocycles. The molecule has 0 rings (SSSR count). The van der Waals surface area contributed by atoms with Crippen LogP contribution in [0.25, 0.3) is 0 Å². The maximum Gasteiger partial charge on any atom is 0.158 e. The highest BCUT2D eigenvalue weighted by Crippen LogP contribution is 2.07. The molecule has 0 saturated carbocycles. The summed E-state index contributed by atoms with van der Waals surface area (Å²) in [5.41, 5.74) is 1.48. The third kappa shape index (κ3) is 4.34. The lowest BCUT2D eigenvalue weighted by atomic mass is 10.0. The minimum Gasteiger partial charge on any atom is -0.394 e. The second-order valence-corrected chi connectivity index (χ2v) is 2.88. The van der Waals surface area contributed by atoms with Gasteiger partial charge < -0.3 is 30.6 Å². The number of rotatable bonds is 7. The minimum absolute atomic E-state index is 0.828. The van der Waals surface area contributed by atoms with Gasteiger partial charge in [0.05, 0.1) is 6.61 Å². The standard InChI is InChI=1S/C6H15NO8/c8-1-2(9)3(10)4(11)5(12)6(13)7-15-14/h2-14H,1H2/t2-,3-,4+,5-,6?/m1/s1. The van der Waals surface area contributed by atoms with Gasteiger partial charge in [0, 0.05) is 0 Å². The first kappa shape index (κ1) is 14.6. The van der Waals surface area contributed by atoms with E-state index in [1.165, 1.54) is 5.48 Å². The third-order valence-electron chi connectivity index (χ3n) is 1.78. The van der Waals surface area contributed by atoms with E-state index in [0.717, 1.165) is 0 Å². The van der Waals surface area contributed by atoms with Crippen molar-refractivity contribution in [1.82, 2.24) is 5.48 Å². The smallest absolute Gasteiger partial charge is 0.158 e. The van der Waals surface area contributed by atoms with Gasteiger partial charge in [-0.1, -0.05) is 0 Å². The molecule has 5 atom stereocenters. The summed E-state index contributed by atoms with van der Waals surface area (Å²) in [6, 6.07) is 0. The van der Waals surface area contributed by atoms with E-state index in [1.54, 1.807) is 0 Å². The van der Waals surface area contributed by atoms with Crippen molar-refractivity contribution in [2.24, 2.45) is 0 Å². The molecule has 0 heterocycles. The first-order valence-electron chi connectivity index (χ1n) is 4.02. The van der Waals surface area contributed by atoms with Crippen LogP contribution in [0, 0.1) is 0 Å². The number of hydroxylamine groups is 1. The molecule has 0 aromatic rings. The number of aliphatic hydroxyl groups excluding tert-OH is 6. The fourth-order valence-electron chi connectivity index (χ4n) is 0.848. The zero-order valence-electron chi connectivity index (χ0n) is 7.63. The maximum absolute atomic E-state index is 9.18. The van der Waals surface area contributed by atoms with Crippen molar-refractivity contribution in [2.75, 3.05) is 6.61 Å². The van der Waals surface area contributed by atoms with Gasteiger partial charge in [-0.05, 0) is 0 Å². The number of hydrogen-bond acceptors (Lipinski definition) is 9. The van der Waals surface area contributed by atoms with Crippen molar-refractivity contribution in [1.29, 1.82) is 0 Å².